The Morgan fingerprint density at radius 2 is 0.875 bits per heavy atom. The van der Waals surface area contributed by atoms with Crippen molar-refractivity contribution in [3.8, 4) is 0 Å². The summed E-state index contributed by atoms with van der Waals surface area (Å²) >= 11 is -5.12. The predicted octanol–water partition coefficient (Wildman–Crippen LogP) is -3.31. The topological polar surface area (TPSA) is 77.8 Å². The molecule has 0 aromatic carbocycles. The predicted molar refractivity (Wildman–Crippen MR) is 30.4 cm³/mol. The number of hydrogen-bond donors (Lipinski definition) is 3. The van der Waals surface area contributed by atoms with Crippen LogP contribution >= 0.6 is 0 Å². The summed E-state index contributed by atoms with van der Waals surface area (Å²) in [6, 6.07) is 0. The van der Waals surface area contributed by atoms with E-state index in [2.05, 4.69) is 0 Å². The van der Waals surface area contributed by atoms with Crippen LogP contribution in [0.5, 0.6) is 0 Å². The molecule has 3 N–H and O–H groups in total. The molecule has 0 aromatic heterocycles. The van der Waals surface area contributed by atoms with Crippen molar-refractivity contribution in [1.82, 2.24) is 0 Å². The first-order valence-electron chi connectivity index (χ1n) is 0.783. The van der Waals surface area contributed by atoms with Crippen LogP contribution in [0.25, 0.3) is 0 Å². The maximum absolute atomic E-state index is 8.94. The van der Waals surface area contributed by atoms with Gasteiger partial charge in [-0.25, -0.2) is 0 Å². The summed E-state index contributed by atoms with van der Waals surface area (Å²) < 4.78 is 30.7. The third-order valence-corrected chi connectivity index (χ3v) is 0. The van der Waals surface area contributed by atoms with Gasteiger partial charge >= 0.3 is 30.5 Å². The number of rotatable bonds is 0. The average Bonchev–Trinajstić information content (AvgIpc) is 0.722. The van der Waals surface area contributed by atoms with Crippen molar-refractivity contribution in [3.05, 3.63) is 0 Å². The smallest absolute Gasteiger partial charge is 0 e. The molecule has 0 aliphatic carbocycles. The molecule has 0 unspecified atom stereocenters. The summed E-state index contributed by atoms with van der Waals surface area (Å²) in [5, 5.41) is 0. The van der Waals surface area contributed by atoms with Gasteiger partial charge in [-0.15, -0.1) is 0 Å². The minimum atomic E-state index is -5.12. The Hall–Kier alpha value is 3.24. The van der Waals surface area contributed by atoms with E-state index in [1.807, 2.05) is 0 Å². The fraction of sp³-hybridized carbons (Fsp3) is 0. The summed E-state index contributed by atoms with van der Waals surface area (Å²) in [5.41, 5.74) is 0. The molecule has 0 saturated heterocycles. The van der Waals surface area contributed by atoms with E-state index in [0.717, 1.165) is 0 Å². The Labute approximate surface area is 117 Å². The van der Waals surface area contributed by atoms with Crippen molar-refractivity contribution in [2.45, 2.75) is 0 Å². The molecule has 8 heavy (non-hydrogen) atoms. The Balaban J connectivity index is -0.0000000267. The molecule has 0 fully saturated rings. The largest absolute Gasteiger partial charge is 0 e. The molecule has 0 aliphatic heterocycles. The molecule has 0 saturated carbocycles. The van der Waals surface area contributed by atoms with Gasteiger partial charge in [0.25, 0.3) is 0 Å². The van der Waals surface area contributed by atoms with Crippen molar-refractivity contribution in [2.75, 3.05) is 0 Å². The van der Waals surface area contributed by atoms with E-state index in [1.54, 1.807) is 0 Å². The second-order valence-electron chi connectivity index (χ2n) is 0.513. The van der Waals surface area contributed by atoms with E-state index < -0.39 is 14.5 Å². The molecule has 4 nitrogen and oxygen atoms in total. The van der Waals surface area contributed by atoms with Gasteiger partial charge in [-0.2, -0.15) is 0 Å². The Morgan fingerprint density at radius 3 is 0.875 bits per heavy atom. The van der Waals surface area contributed by atoms with Crippen LogP contribution in [0.1, 0.15) is 0 Å². The monoisotopic (exact) mass is 211 g/mol. The van der Waals surface area contributed by atoms with Gasteiger partial charge in [0.15, 0.2) is 0 Å². The molecule has 0 heterocycles. The van der Waals surface area contributed by atoms with Crippen LogP contribution in [0.4, 0.5) is 0 Å². The zero-order valence-electron chi connectivity index (χ0n) is 5.20. The van der Waals surface area contributed by atoms with E-state index in [1.165, 1.54) is 0 Å². The van der Waals surface area contributed by atoms with E-state index in [9.17, 15) is 0 Å². The molecule has 8 heteroatoms. The number of hydrogen-bond acceptors (Lipinski definition) is 1. The summed E-state index contributed by atoms with van der Waals surface area (Å²) in [4.78, 5) is 0. The maximum atomic E-state index is 8.94. The Bertz CT molecular complexity index is 57.4. The van der Waals surface area contributed by atoms with Crippen molar-refractivity contribution >= 4 is 103 Å². The van der Waals surface area contributed by atoms with Crippen LogP contribution in [-0.4, -0.2) is 115 Å². The van der Waals surface area contributed by atoms with Gasteiger partial charge in [0.05, 0.1) is 0 Å². The van der Waals surface area contributed by atoms with Gasteiger partial charge in [-0.1, -0.05) is 0 Å². The molecule has 0 atom stereocenters. The fourth-order valence-electron chi connectivity index (χ4n) is 0. The molecule has 0 aromatic rings. The van der Waals surface area contributed by atoms with Crippen LogP contribution in [-0.2, 0) is 3.74 Å². The van der Waals surface area contributed by atoms with Gasteiger partial charge in [-0.3, -0.25) is 0 Å². The van der Waals surface area contributed by atoms with E-state index in [4.69, 9.17) is 16.0 Å². The maximum Gasteiger partial charge on any atom is 0 e. The molecular weight excluding hydrogens is 208 g/mol. The fourth-order valence-corrected chi connectivity index (χ4v) is 0. The quantitative estimate of drug-likeness (QED) is 0.366. The third kappa shape index (κ3) is 59.8. The second-order valence-corrected chi connectivity index (χ2v) is 2.67. The molecule has 3 radical (unpaired) electrons. The minimum Gasteiger partial charge on any atom is 0 e. The Morgan fingerprint density at radius 1 is 0.875 bits per heavy atom. The summed E-state index contributed by atoms with van der Waals surface area (Å²) in [6.07, 6.45) is 0. The standard InChI is InChI=1S/AsH3O4.3Na/c2-1(3,4)5;;;/h(H3,2,3,4,5);;;. The van der Waals surface area contributed by atoms with Crippen LogP contribution in [0.15, 0.2) is 0 Å². The van der Waals surface area contributed by atoms with E-state index >= 15 is 0 Å². The first kappa shape index (κ1) is 22.5. The molecule has 35 valence electrons. The van der Waals surface area contributed by atoms with E-state index in [0.29, 0.717) is 0 Å². The van der Waals surface area contributed by atoms with Gasteiger partial charge in [0.2, 0.25) is 0 Å². The van der Waals surface area contributed by atoms with Crippen LogP contribution < -0.4 is 0 Å². The van der Waals surface area contributed by atoms with Crippen LogP contribution in [0.3, 0.4) is 0 Å². The summed E-state index contributed by atoms with van der Waals surface area (Å²) in [6.45, 7) is 0. The first-order chi connectivity index (χ1) is 2.00. The van der Waals surface area contributed by atoms with Crippen molar-refractivity contribution in [3.63, 3.8) is 0 Å². The van der Waals surface area contributed by atoms with Gasteiger partial charge < -0.3 is 0 Å². The zero-order chi connectivity index (χ0) is 4.50. The first-order valence-corrected chi connectivity index (χ1v) is 4.07. The van der Waals surface area contributed by atoms with Crippen LogP contribution in [0.2, 0.25) is 0 Å². The van der Waals surface area contributed by atoms with Crippen molar-refractivity contribution < 1.29 is 16.0 Å². The molecule has 0 rings (SSSR count). The molecule has 0 bridgehead atoms. The average molecular weight is 211 g/mol. The normalized spacial score (nSPS) is 7.38. The van der Waals surface area contributed by atoms with E-state index in [-0.39, 0.29) is 88.7 Å². The van der Waals surface area contributed by atoms with Crippen molar-refractivity contribution in [1.29, 1.82) is 0 Å². The third-order valence-electron chi connectivity index (χ3n) is 0. The van der Waals surface area contributed by atoms with Crippen molar-refractivity contribution in [2.24, 2.45) is 0 Å². The van der Waals surface area contributed by atoms with Gasteiger partial charge in [0.1, 0.15) is 0 Å². The van der Waals surface area contributed by atoms with Gasteiger partial charge in [-0.05, 0) is 0 Å². The molecule has 0 aliphatic rings. The molecular formula is H3AsNa3O4. The van der Waals surface area contributed by atoms with Crippen LogP contribution in [0, 0.1) is 0 Å². The molecule has 0 amide bonds. The second kappa shape index (κ2) is 10.2. The minimum absolute atomic E-state index is 0. The molecule has 0 spiro atoms. The summed E-state index contributed by atoms with van der Waals surface area (Å²) in [5.74, 6) is 0. The Kier molecular flexibility index (Phi) is 28.8. The SMILES string of the molecule is O=[As](O)(O)O.[Na].[Na].[Na]. The summed E-state index contributed by atoms with van der Waals surface area (Å²) in [7, 11) is 0. The zero-order valence-corrected chi connectivity index (χ0v) is 13.1. The van der Waals surface area contributed by atoms with Gasteiger partial charge in [0, 0.05) is 88.7 Å².